The summed E-state index contributed by atoms with van der Waals surface area (Å²) in [7, 11) is 0. The molecule has 1 aromatic carbocycles. The van der Waals surface area contributed by atoms with Crippen molar-refractivity contribution in [1.29, 1.82) is 0 Å². The molecule has 0 N–H and O–H groups in total. The third-order valence-corrected chi connectivity index (χ3v) is 3.18. The molecular formula is C15H20FNO4. The molecule has 0 bridgehead atoms. The lowest BCUT2D eigenvalue weighted by molar-refractivity contribution is -0.608. The second kappa shape index (κ2) is 8.34. The number of hydrogen-bond acceptors (Lipinski definition) is 4. The molecule has 5 nitrogen and oxygen atoms in total. The molecule has 0 spiro atoms. The molecule has 0 aliphatic carbocycles. The first-order valence-electron chi connectivity index (χ1n) is 7.07. The Balaban J connectivity index is 2.49. The quantitative estimate of drug-likeness (QED) is 0.173. The summed E-state index contributed by atoms with van der Waals surface area (Å²) in [5.74, 6) is -2.87. The third-order valence-electron chi connectivity index (χ3n) is 3.18. The minimum atomic E-state index is -2.55. The number of carbonyl (C=O) groups excluding carboxylic acids is 1. The molecule has 1 unspecified atom stereocenters. The van der Waals surface area contributed by atoms with Crippen molar-refractivity contribution < 1.29 is 18.8 Å². The maximum Gasteiger partial charge on any atom is 0.359 e. The summed E-state index contributed by atoms with van der Waals surface area (Å²) in [5.41, 5.74) is 0. The Morgan fingerprint density at radius 2 is 1.95 bits per heavy atom. The fourth-order valence-electron chi connectivity index (χ4n) is 1.92. The molecule has 0 aliphatic heterocycles. The maximum absolute atomic E-state index is 14.2. The van der Waals surface area contributed by atoms with E-state index in [0.717, 1.165) is 12.8 Å². The third kappa shape index (κ3) is 5.89. The molecule has 0 saturated carbocycles. The van der Waals surface area contributed by atoms with E-state index in [2.05, 4.69) is 0 Å². The first-order valence-corrected chi connectivity index (χ1v) is 7.07. The molecule has 1 rings (SSSR count). The van der Waals surface area contributed by atoms with Crippen LogP contribution in [0.15, 0.2) is 30.3 Å². The molecule has 116 valence electrons. The SMILES string of the molecule is CCCCCC(F)(CCC(=O)Oc1ccccc1)[N+](=O)[O-]. The van der Waals surface area contributed by atoms with Gasteiger partial charge in [-0.2, -0.15) is 4.39 Å². The highest BCUT2D eigenvalue weighted by atomic mass is 19.1. The van der Waals surface area contributed by atoms with E-state index in [0.29, 0.717) is 12.2 Å². The van der Waals surface area contributed by atoms with Crippen molar-refractivity contribution in [3.05, 3.63) is 40.4 Å². The van der Waals surface area contributed by atoms with Crippen molar-refractivity contribution in [3.63, 3.8) is 0 Å². The van der Waals surface area contributed by atoms with Gasteiger partial charge in [-0.1, -0.05) is 38.0 Å². The van der Waals surface area contributed by atoms with E-state index >= 15 is 0 Å². The second-order valence-corrected chi connectivity index (χ2v) is 4.92. The van der Waals surface area contributed by atoms with Crippen LogP contribution < -0.4 is 4.74 Å². The monoisotopic (exact) mass is 297 g/mol. The van der Waals surface area contributed by atoms with Crippen LogP contribution in [0.4, 0.5) is 4.39 Å². The van der Waals surface area contributed by atoms with Crippen LogP contribution in [-0.4, -0.2) is 16.7 Å². The maximum atomic E-state index is 14.2. The van der Waals surface area contributed by atoms with Gasteiger partial charge in [0.2, 0.25) is 0 Å². The number of nitrogens with zero attached hydrogens (tertiary/aromatic N) is 1. The molecular weight excluding hydrogens is 277 g/mol. The number of benzene rings is 1. The number of nitro groups is 1. The summed E-state index contributed by atoms with van der Waals surface area (Å²) in [6.07, 6.45) is 1.06. The van der Waals surface area contributed by atoms with Gasteiger partial charge in [0.25, 0.3) is 0 Å². The largest absolute Gasteiger partial charge is 0.427 e. The Bertz CT molecular complexity index is 466. The summed E-state index contributed by atoms with van der Waals surface area (Å²) in [6.45, 7) is 1.93. The summed E-state index contributed by atoms with van der Waals surface area (Å²) >= 11 is 0. The molecule has 0 heterocycles. The normalized spacial score (nSPS) is 13.4. The lowest BCUT2D eigenvalue weighted by Crippen LogP contribution is -2.34. The van der Waals surface area contributed by atoms with Gasteiger partial charge in [0, 0.05) is 6.42 Å². The predicted molar refractivity (Wildman–Crippen MR) is 76.3 cm³/mol. The zero-order valence-corrected chi connectivity index (χ0v) is 12.1. The predicted octanol–water partition coefficient (Wildman–Crippen LogP) is 3.90. The van der Waals surface area contributed by atoms with Gasteiger partial charge in [-0.25, -0.2) is 0 Å². The molecule has 1 atom stereocenters. The van der Waals surface area contributed by atoms with E-state index < -0.39 is 23.1 Å². The second-order valence-electron chi connectivity index (χ2n) is 4.92. The molecule has 0 saturated heterocycles. The number of halogens is 1. The zero-order valence-electron chi connectivity index (χ0n) is 12.1. The van der Waals surface area contributed by atoms with Crippen LogP contribution in [0.2, 0.25) is 0 Å². The molecule has 6 heteroatoms. The van der Waals surface area contributed by atoms with E-state index in [4.69, 9.17) is 4.74 Å². The van der Waals surface area contributed by atoms with Gasteiger partial charge in [-0.05, 0) is 18.6 Å². The van der Waals surface area contributed by atoms with Gasteiger partial charge in [0.15, 0.2) is 0 Å². The molecule has 0 fully saturated rings. The van der Waals surface area contributed by atoms with Gasteiger partial charge in [0.05, 0.1) is 17.8 Å². The van der Waals surface area contributed by atoms with Crippen molar-refractivity contribution in [1.82, 2.24) is 0 Å². The van der Waals surface area contributed by atoms with Crippen LogP contribution in [0.25, 0.3) is 0 Å². The molecule has 0 radical (unpaired) electrons. The molecule has 1 aromatic rings. The van der Waals surface area contributed by atoms with Gasteiger partial charge in [-0.3, -0.25) is 14.9 Å². The Hall–Kier alpha value is -1.98. The van der Waals surface area contributed by atoms with Crippen LogP contribution in [0.1, 0.15) is 45.4 Å². The highest BCUT2D eigenvalue weighted by Crippen LogP contribution is 2.26. The highest BCUT2D eigenvalue weighted by molar-refractivity contribution is 5.72. The fourth-order valence-corrected chi connectivity index (χ4v) is 1.92. The number of alkyl halides is 1. The standard InChI is InChI=1S/C15H20FNO4/c1-2-3-7-11-15(16,17(19)20)12-10-14(18)21-13-8-5-4-6-9-13/h4-6,8-9H,2-3,7,10-12H2,1H3. The van der Waals surface area contributed by atoms with E-state index in [1.807, 2.05) is 6.92 Å². The molecule has 0 aromatic heterocycles. The minimum Gasteiger partial charge on any atom is -0.427 e. The zero-order chi connectivity index (χ0) is 15.7. The van der Waals surface area contributed by atoms with E-state index in [-0.39, 0.29) is 12.8 Å². The van der Waals surface area contributed by atoms with Crippen LogP contribution in [0, 0.1) is 10.1 Å². The average molecular weight is 297 g/mol. The Kier molecular flexibility index (Phi) is 6.78. The van der Waals surface area contributed by atoms with Crippen molar-refractivity contribution >= 4 is 5.97 Å². The van der Waals surface area contributed by atoms with Crippen molar-refractivity contribution in [2.75, 3.05) is 0 Å². The van der Waals surface area contributed by atoms with Gasteiger partial charge in [0.1, 0.15) is 5.75 Å². The number of carbonyl (C=O) groups is 1. The van der Waals surface area contributed by atoms with E-state index in [9.17, 15) is 19.3 Å². The van der Waals surface area contributed by atoms with Crippen molar-refractivity contribution in [2.45, 2.75) is 51.2 Å². The van der Waals surface area contributed by atoms with E-state index in [1.165, 1.54) is 0 Å². The number of unbranched alkanes of at least 4 members (excludes halogenated alkanes) is 2. The highest BCUT2D eigenvalue weighted by Gasteiger charge is 2.42. The summed E-state index contributed by atoms with van der Waals surface area (Å²) < 4.78 is 19.2. The van der Waals surface area contributed by atoms with Crippen LogP contribution >= 0.6 is 0 Å². The molecule has 0 amide bonds. The number of esters is 1. The Morgan fingerprint density at radius 3 is 2.52 bits per heavy atom. The van der Waals surface area contributed by atoms with Crippen LogP contribution in [0.3, 0.4) is 0 Å². The number of ether oxygens (including phenoxy) is 1. The lowest BCUT2D eigenvalue weighted by Gasteiger charge is -2.16. The number of para-hydroxylation sites is 1. The minimum absolute atomic E-state index is 0.174. The first-order chi connectivity index (χ1) is 9.98. The fraction of sp³-hybridized carbons (Fsp3) is 0.533. The summed E-state index contributed by atoms with van der Waals surface area (Å²) in [5, 5.41) is 10.9. The number of hydrogen-bond donors (Lipinski definition) is 0. The lowest BCUT2D eigenvalue weighted by atomic mass is 10.0. The van der Waals surface area contributed by atoms with Gasteiger partial charge >= 0.3 is 11.8 Å². The van der Waals surface area contributed by atoms with Gasteiger partial charge in [-0.15, -0.1) is 0 Å². The summed E-state index contributed by atoms with van der Waals surface area (Å²) in [6, 6.07) is 8.35. The van der Waals surface area contributed by atoms with Crippen molar-refractivity contribution in [2.24, 2.45) is 0 Å². The number of rotatable bonds is 9. The Labute approximate surface area is 123 Å². The van der Waals surface area contributed by atoms with E-state index in [1.54, 1.807) is 30.3 Å². The van der Waals surface area contributed by atoms with Gasteiger partial charge < -0.3 is 4.74 Å². The van der Waals surface area contributed by atoms with Crippen LogP contribution in [-0.2, 0) is 4.79 Å². The van der Waals surface area contributed by atoms with Crippen LogP contribution in [0.5, 0.6) is 5.75 Å². The molecule has 21 heavy (non-hydrogen) atoms. The first kappa shape index (κ1) is 17.1. The molecule has 0 aliphatic rings. The van der Waals surface area contributed by atoms with Crippen molar-refractivity contribution in [3.8, 4) is 5.75 Å². The Morgan fingerprint density at radius 1 is 1.29 bits per heavy atom. The summed E-state index contributed by atoms with van der Waals surface area (Å²) in [4.78, 5) is 21.5. The topological polar surface area (TPSA) is 69.4 Å². The average Bonchev–Trinajstić information content (AvgIpc) is 2.46. The smallest absolute Gasteiger partial charge is 0.359 e.